The molecule has 0 unspecified atom stereocenters. The number of nitrogens with zero attached hydrogens (tertiary/aromatic N) is 4. The Kier molecular flexibility index (Phi) is 3.52. The third kappa shape index (κ3) is 1.87. The topological polar surface area (TPSA) is 104 Å². The molecule has 8 nitrogen and oxygen atoms in total. The number of aromatic nitrogens is 3. The van der Waals surface area contributed by atoms with Gasteiger partial charge < -0.3 is 25.0 Å². The van der Waals surface area contributed by atoms with Crippen LogP contribution in [-0.4, -0.2) is 69.4 Å². The summed E-state index contributed by atoms with van der Waals surface area (Å²) in [6.45, 7) is -0.467. The smallest absolute Gasteiger partial charge is 0.201 e. The first-order valence-corrected chi connectivity index (χ1v) is 8.41. The van der Waals surface area contributed by atoms with E-state index in [-0.39, 0.29) is 6.61 Å². The SMILES string of the molecule is CN(C)c1ncnc2c1c1ccsc1n2[C@@]1(O)[C@H](O)CO[C@H]1CO. The van der Waals surface area contributed by atoms with Gasteiger partial charge in [0.2, 0.25) is 5.72 Å². The number of aliphatic hydroxyl groups excluding tert-OH is 2. The highest BCUT2D eigenvalue weighted by Gasteiger charge is 2.53. The van der Waals surface area contributed by atoms with Crippen molar-refractivity contribution >= 4 is 38.4 Å². The summed E-state index contributed by atoms with van der Waals surface area (Å²) in [5.74, 6) is 0.722. The fourth-order valence-corrected chi connectivity index (χ4v) is 4.33. The van der Waals surface area contributed by atoms with E-state index in [1.165, 1.54) is 17.7 Å². The maximum atomic E-state index is 11.3. The first kappa shape index (κ1) is 15.7. The molecule has 0 bridgehead atoms. The molecule has 3 N–H and O–H groups in total. The number of hydrogen-bond donors (Lipinski definition) is 3. The van der Waals surface area contributed by atoms with Crippen LogP contribution in [0.1, 0.15) is 0 Å². The van der Waals surface area contributed by atoms with Crippen LogP contribution in [0.5, 0.6) is 0 Å². The lowest BCUT2D eigenvalue weighted by Gasteiger charge is -2.32. The quantitative estimate of drug-likeness (QED) is 0.616. The molecule has 0 spiro atoms. The Hall–Kier alpha value is -1.78. The maximum Gasteiger partial charge on any atom is 0.201 e. The van der Waals surface area contributed by atoms with Crippen molar-refractivity contribution in [1.29, 1.82) is 0 Å². The van der Waals surface area contributed by atoms with E-state index >= 15 is 0 Å². The van der Waals surface area contributed by atoms with Gasteiger partial charge in [0.1, 0.15) is 34.8 Å². The van der Waals surface area contributed by atoms with Gasteiger partial charge in [-0.25, -0.2) is 9.97 Å². The fraction of sp³-hybridized carbons (Fsp3) is 0.467. The number of hydrogen-bond acceptors (Lipinski definition) is 8. The van der Waals surface area contributed by atoms with Crippen LogP contribution in [0.25, 0.3) is 21.3 Å². The Morgan fingerprint density at radius 1 is 1.46 bits per heavy atom. The summed E-state index contributed by atoms with van der Waals surface area (Å²) in [6, 6.07) is 1.94. The van der Waals surface area contributed by atoms with E-state index in [0.717, 1.165) is 21.4 Å². The Bertz CT molecular complexity index is 908. The molecule has 3 aromatic heterocycles. The van der Waals surface area contributed by atoms with E-state index in [4.69, 9.17) is 4.74 Å². The van der Waals surface area contributed by atoms with Gasteiger partial charge in [0, 0.05) is 19.5 Å². The predicted molar refractivity (Wildman–Crippen MR) is 90.3 cm³/mol. The van der Waals surface area contributed by atoms with E-state index < -0.39 is 24.5 Å². The second-order valence-electron chi connectivity index (χ2n) is 6.07. The summed E-state index contributed by atoms with van der Waals surface area (Å²) < 4.78 is 6.96. The molecule has 4 heterocycles. The van der Waals surface area contributed by atoms with E-state index in [9.17, 15) is 15.3 Å². The molecule has 3 atom stereocenters. The van der Waals surface area contributed by atoms with E-state index in [0.29, 0.717) is 5.65 Å². The van der Waals surface area contributed by atoms with Gasteiger partial charge >= 0.3 is 0 Å². The number of ether oxygens (including phenoxy) is 1. The Labute approximate surface area is 141 Å². The zero-order chi connectivity index (χ0) is 17.1. The third-order valence-corrected chi connectivity index (χ3v) is 5.40. The predicted octanol–water partition coefficient (Wildman–Crippen LogP) is 0.109. The van der Waals surface area contributed by atoms with Crippen molar-refractivity contribution in [3.63, 3.8) is 0 Å². The summed E-state index contributed by atoms with van der Waals surface area (Å²) >= 11 is 1.43. The number of fused-ring (bicyclic) bond motifs is 3. The van der Waals surface area contributed by atoms with E-state index in [1.54, 1.807) is 4.57 Å². The van der Waals surface area contributed by atoms with Gasteiger partial charge in [-0.3, -0.25) is 4.57 Å². The van der Waals surface area contributed by atoms with Crippen LogP contribution in [0.2, 0.25) is 0 Å². The summed E-state index contributed by atoms with van der Waals surface area (Å²) in [5.41, 5.74) is -1.29. The standard InChI is InChI=1S/C15H18N4O4S/c1-18(2)12-11-8-3-4-24-14(8)19(13(11)17-7-16-12)15(22)9(21)6-23-10(15)5-20/h3-4,7,9-10,20-22H,5-6H2,1-2H3/t9-,10+,15-/m1/s1. The minimum atomic E-state index is -1.79. The molecule has 128 valence electrons. The molecule has 1 saturated heterocycles. The van der Waals surface area contributed by atoms with Crippen LogP contribution in [0.4, 0.5) is 5.82 Å². The molecular formula is C15H18N4O4S. The highest BCUT2D eigenvalue weighted by atomic mass is 32.1. The normalized spacial score (nSPS) is 27.4. The van der Waals surface area contributed by atoms with Crippen molar-refractivity contribution in [2.75, 3.05) is 32.2 Å². The van der Waals surface area contributed by atoms with Gasteiger partial charge in [0.15, 0.2) is 0 Å². The molecule has 1 aliphatic rings. The van der Waals surface area contributed by atoms with Crippen LogP contribution >= 0.6 is 11.3 Å². The lowest BCUT2D eigenvalue weighted by atomic mass is 10.0. The van der Waals surface area contributed by atoms with E-state index in [2.05, 4.69) is 9.97 Å². The molecule has 0 aliphatic carbocycles. The van der Waals surface area contributed by atoms with Crippen LogP contribution in [-0.2, 0) is 10.5 Å². The second kappa shape index (κ2) is 5.36. The average molecular weight is 350 g/mol. The molecule has 4 rings (SSSR count). The van der Waals surface area contributed by atoms with Crippen LogP contribution in [0.15, 0.2) is 17.8 Å². The van der Waals surface area contributed by atoms with Crippen molar-refractivity contribution in [2.45, 2.75) is 17.9 Å². The molecular weight excluding hydrogens is 332 g/mol. The lowest BCUT2D eigenvalue weighted by Crippen LogP contribution is -2.50. The molecule has 3 aromatic rings. The van der Waals surface area contributed by atoms with Crippen molar-refractivity contribution in [2.24, 2.45) is 0 Å². The molecule has 1 aliphatic heterocycles. The van der Waals surface area contributed by atoms with Gasteiger partial charge in [-0.05, 0) is 11.4 Å². The van der Waals surface area contributed by atoms with Crippen LogP contribution in [0.3, 0.4) is 0 Å². The lowest BCUT2D eigenvalue weighted by molar-refractivity contribution is -0.145. The molecule has 0 radical (unpaired) electrons. The highest BCUT2D eigenvalue weighted by molar-refractivity contribution is 7.17. The highest BCUT2D eigenvalue weighted by Crippen LogP contribution is 2.42. The Morgan fingerprint density at radius 3 is 2.96 bits per heavy atom. The summed E-state index contributed by atoms with van der Waals surface area (Å²) in [7, 11) is 3.77. The molecule has 9 heteroatoms. The van der Waals surface area contributed by atoms with Gasteiger partial charge in [0.05, 0.1) is 18.6 Å². The molecule has 0 saturated carbocycles. The fourth-order valence-electron chi connectivity index (χ4n) is 3.36. The first-order chi connectivity index (χ1) is 11.5. The number of thiophene rings is 1. The van der Waals surface area contributed by atoms with Crippen molar-refractivity contribution in [1.82, 2.24) is 14.5 Å². The largest absolute Gasteiger partial charge is 0.393 e. The number of anilines is 1. The first-order valence-electron chi connectivity index (χ1n) is 7.53. The zero-order valence-corrected chi connectivity index (χ0v) is 14.1. The Morgan fingerprint density at radius 2 is 2.25 bits per heavy atom. The molecule has 24 heavy (non-hydrogen) atoms. The summed E-state index contributed by atoms with van der Waals surface area (Å²) in [5, 5.41) is 34.9. The van der Waals surface area contributed by atoms with Gasteiger partial charge in [0.25, 0.3) is 0 Å². The minimum absolute atomic E-state index is 0.0557. The van der Waals surface area contributed by atoms with Crippen LogP contribution in [0, 0.1) is 0 Å². The second-order valence-corrected chi connectivity index (χ2v) is 6.96. The molecule has 0 aromatic carbocycles. The zero-order valence-electron chi connectivity index (χ0n) is 13.2. The maximum absolute atomic E-state index is 11.3. The third-order valence-electron chi connectivity index (χ3n) is 4.50. The van der Waals surface area contributed by atoms with Crippen molar-refractivity contribution in [3.05, 3.63) is 17.8 Å². The monoisotopic (exact) mass is 350 g/mol. The number of aliphatic hydroxyl groups is 3. The average Bonchev–Trinajstić information content (AvgIpc) is 3.21. The van der Waals surface area contributed by atoms with Crippen molar-refractivity contribution in [3.8, 4) is 0 Å². The van der Waals surface area contributed by atoms with Gasteiger partial charge in [-0.2, -0.15) is 0 Å². The number of rotatable bonds is 3. The van der Waals surface area contributed by atoms with Gasteiger partial charge in [-0.1, -0.05) is 0 Å². The summed E-state index contributed by atoms with van der Waals surface area (Å²) in [6.07, 6.45) is -0.684. The van der Waals surface area contributed by atoms with Gasteiger partial charge in [-0.15, -0.1) is 11.3 Å². The molecule has 0 amide bonds. The van der Waals surface area contributed by atoms with E-state index in [1.807, 2.05) is 30.4 Å². The Balaban J connectivity index is 2.12. The molecule has 1 fully saturated rings. The minimum Gasteiger partial charge on any atom is -0.393 e. The summed E-state index contributed by atoms with van der Waals surface area (Å²) in [4.78, 5) is 11.3. The van der Waals surface area contributed by atoms with Crippen LogP contribution < -0.4 is 4.90 Å². The van der Waals surface area contributed by atoms with Crippen molar-refractivity contribution < 1.29 is 20.1 Å².